The quantitative estimate of drug-likeness (QED) is 0.810. The maximum atomic E-state index is 13.4. The molecule has 3 heterocycles. The van der Waals surface area contributed by atoms with Gasteiger partial charge in [-0.15, -0.1) is 0 Å². The van der Waals surface area contributed by atoms with Gasteiger partial charge < -0.3 is 14.4 Å². The lowest BCUT2D eigenvalue weighted by Crippen LogP contribution is -2.62. The van der Waals surface area contributed by atoms with E-state index in [-0.39, 0.29) is 22.9 Å². The third-order valence-electron chi connectivity index (χ3n) is 6.45. The molecule has 26 heavy (non-hydrogen) atoms. The van der Waals surface area contributed by atoms with Crippen molar-refractivity contribution in [3.8, 4) is 0 Å². The topological polar surface area (TPSA) is 62.6 Å². The maximum absolute atomic E-state index is 13.4. The molecule has 3 fully saturated rings. The van der Waals surface area contributed by atoms with E-state index in [1.807, 2.05) is 24.8 Å². The van der Waals surface area contributed by atoms with Gasteiger partial charge in [0.15, 0.2) is 0 Å². The highest BCUT2D eigenvalue weighted by molar-refractivity contribution is 6.00. The summed E-state index contributed by atoms with van der Waals surface area (Å²) in [6.07, 6.45) is 5.33. The molecule has 1 spiro atoms. The average molecular weight is 357 g/mol. The van der Waals surface area contributed by atoms with Crippen LogP contribution in [-0.4, -0.2) is 50.9 Å². The Morgan fingerprint density at radius 1 is 1.12 bits per heavy atom. The van der Waals surface area contributed by atoms with E-state index in [2.05, 4.69) is 0 Å². The molecule has 1 unspecified atom stereocenters. The summed E-state index contributed by atoms with van der Waals surface area (Å²) in [7, 11) is 1.69. The van der Waals surface area contributed by atoms with Crippen molar-refractivity contribution in [1.82, 2.24) is 14.4 Å². The minimum absolute atomic E-state index is 0.110. The first-order valence-electron chi connectivity index (χ1n) is 9.67. The van der Waals surface area contributed by atoms with Crippen LogP contribution in [0.1, 0.15) is 60.1 Å². The normalized spacial score (nSPS) is 26.0. The van der Waals surface area contributed by atoms with Crippen LogP contribution in [0.15, 0.2) is 10.9 Å². The Morgan fingerprint density at radius 2 is 1.77 bits per heavy atom. The molecule has 0 radical (unpaired) electrons. The fraction of sp³-hybridized carbons (Fsp3) is 0.650. The molecule has 4 rings (SSSR count). The predicted molar refractivity (Wildman–Crippen MR) is 98.1 cm³/mol. The lowest BCUT2D eigenvalue weighted by Gasteiger charge is -2.44. The number of amides is 2. The molecule has 2 aliphatic heterocycles. The summed E-state index contributed by atoms with van der Waals surface area (Å²) in [5, 5.41) is 0. The number of carbonyl (C=O) groups is 2. The van der Waals surface area contributed by atoms with Gasteiger partial charge in [-0.05, 0) is 64.0 Å². The van der Waals surface area contributed by atoms with Gasteiger partial charge in [-0.2, -0.15) is 0 Å². The molecule has 0 bridgehead atoms. The van der Waals surface area contributed by atoms with Crippen LogP contribution in [-0.2, 0) is 11.8 Å². The molecule has 2 amide bonds. The van der Waals surface area contributed by atoms with Crippen molar-refractivity contribution < 1.29 is 9.59 Å². The Morgan fingerprint density at radius 3 is 2.42 bits per heavy atom. The van der Waals surface area contributed by atoms with Gasteiger partial charge in [-0.1, -0.05) is 0 Å². The highest BCUT2D eigenvalue weighted by Gasteiger charge is 2.55. The van der Waals surface area contributed by atoms with Crippen LogP contribution in [0.4, 0.5) is 0 Å². The van der Waals surface area contributed by atoms with Crippen LogP contribution < -0.4 is 5.56 Å². The van der Waals surface area contributed by atoms with Gasteiger partial charge in [-0.25, -0.2) is 0 Å². The van der Waals surface area contributed by atoms with E-state index >= 15 is 0 Å². The van der Waals surface area contributed by atoms with Crippen LogP contribution in [0.25, 0.3) is 0 Å². The molecule has 1 atom stereocenters. The lowest BCUT2D eigenvalue weighted by atomic mass is 9.84. The molecule has 1 aromatic heterocycles. The summed E-state index contributed by atoms with van der Waals surface area (Å²) in [5.74, 6) is -0.162. The Bertz CT molecular complexity index is 839. The van der Waals surface area contributed by atoms with E-state index in [4.69, 9.17) is 0 Å². The molecular weight excluding hydrogens is 330 g/mol. The summed E-state index contributed by atoms with van der Waals surface area (Å²) in [6.45, 7) is 5.03. The van der Waals surface area contributed by atoms with Gasteiger partial charge in [0, 0.05) is 31.9 Å². The van der Waals surface area contributed by atoms with Crippen LogP contribution in [0.3, 0.4) is 0 Å². The maximum Gasteiger partial charge on any atom is 0.263 e. The Kier molecular flexibility index (Phi) is 3.97. The largest absolute Gasteiger partial charge is 0.338 e. The van der Waals surface area contributed by atoms with Crippen LogP contribution in [0.5, 0.6) is 0 Å². The van der Waals surface area contributed by atoms with E-state index in [1.165, 1.54) is 4.57 Å². The summed E-state index contributed by atoms with van der Waals surface area (Å²) in [5.41, 5.74) is 0.738. The van der Waals surface area contributed by atoms with Crippen molar-refractivity contribution in [2.45, 2.75) is 64.0 Å². The van der Waals surface area contributed by atoms with Gasteiger partial charge in [0.1, 0.15) is 11.1 Å². The summed E-state index contributed by atoms with van der Waals surface area (Å²) < 4.78 is 1.52. The number of rotatable bonds is 2. The van der Waals surface area contributed by atoms with E-state index in [1.54, 1.807) is 11.9 Å². The van der Waals surface area contributed by atoms with E-state index in [0.717, 1.165) is 37.9 Å². The molecule has 6 nitrogen and oxygen atoms in total. The summed E-state index contributed by atoms with van der Waals surface area (Å²) >= 11 is 0. The zero-order valence-electron chi connectivity index (χ0n) is 15.9. The van der Waals surface area contributed by atoms with E-state index < -0.39 is 5.54 Å². The Hall–Kier alpha value is -2.11. The Balaban J connectivity index is 1.73. The third-order valence-corrected chi connectivity index (χ3v) is 6.45. The van der Waals surface area contributed by atoms with Gasteiger partial charge in [0.25, 0.3) is 11.5 Å². The van der Waals surface area contributed by atoms with Gasteiger partial charge in [-0.3, -0.25) is 14.4 Å². The van der Waals surface area contributed by atoms with Crippen LogP contribution in [0, 0.1) is 13.8 Å². The highest BCUT2D eigenvalue weighted by atomic mass is 16.2. The van der Waals surface area contributed by atoms with E-state index in [0.29, 0.717) is 31.0 Å². The van der Waals surface area contributed by atoms with Gasteiger partial charge >= 0.3 is 0 Å². The second-order valence-corrected chi connectivity index (χ2v) is 8.13. The number of nitrogens with zero attached hydrogens (tertiary/aromatic N) is 3. The molecule has 1 aromatic rings. The molecule has 3 aliphatic rings. The van der Waals surface area contributed by atoms with Crippen LogP contribution >= 0.6 is 0 Å². The molecule has 2 saturated heterocycles. The lowest BCUT2D eigenvalue weighted by molar-refractivity contribution is -0.146. The van der Waals surface area contributed by atoms with Crippen molar-refractivity contribution in [2.24, 2.45) is 7.05 Å². The first kappa shape index (κ1) is 17.3. The predicted octanol–water partition coefficient (Wildman–Crippen LogP) is 1.76. The number of likely N-dealkylation sites (tertiary alicyclic amines) is 2. The fourth-order valence-corrected chi connectivity index (χ4v) is 4.78. The van der Waals surface area contributed by atoms with Crippen molar-refractivity contribution in [3.05, 3.63) is 33.2 Å². The molecule has 6 heteroatoms. The van der Waals surface area contributed by atoms with E-state index in [9.17, 15) is 14.4 Å². The third kappa shape index (κ3) is 2.42. The second-order valence-electron chi connectivity index (χ2n) is 8.13. The number of carbonyl (C=O) groups excluding carboxylic acids is 2. The standard InChI is InChI=1S/C20H27N3O3/c1-13-12-14(2)21(3)17(24)16(13)18(25)23-11-5-9-20(23)8-4-10-22(19(20)26)15-6-7-15/h12,15H,4-11H2,1-3H3. The number of pyridine rings is 1. The first-order chi connectivity index (χ1) is 12.4. The summed E-state index contributed by atoms with van der Waals surface area (Å²) in [4.78, 5) is 43.2. The summed E-state index contributed by atoms with van der Waals surface area (Å²) in [6, 6.07) is 2.24. The molecule has 1 aliphatic carbocycles. The smallest absolute Gasteiger partial charge is 0.263 e. The number of hydrogen-bond acceptors (Lipinski definition) is 3. The highest BCUT2D eigenvalue weighted by Crippen LogP contribution is 2.42. The minimum Gasteiger partial charge on any atom is -0.338 e. The number of hydrogen-bond donors (Lipinski definition) is 0. The average Bonchev–Trinajstić information content (AvgIpc) is 3.35. The Labute approximate surface area is 153 Å². The first-order valence-corrected chi connectivity index (χ1v) is 9.67. The number of aryl methyl sites for hydroxylation is 2. The van der Waals surface area contributed by atoms with Crippen molar-refractivity contribution in [1.29, 1.82) is 0 Å². The number of piperidine rings is 1. The minimum atomic E-state index is -0.736. The SMILES string of the molecule is Cc1cc(C)n(C)c(=O)c1C(=O)N1CCCC12CCCN(C1CC1)C2=O. The zero-order chi connectivity index (χ0) is 18.6. The van der Waals surface area contributed by atoms with Crippen molar-refractivity contribution >= 4 is 11.8 Å². The second kappa shape index (κ2) is 5.96. The number of aromatic nitrogens is 1. The van der Waals surface area contributed by atoms with Crippen LogP contribution in [0.2, 0.25) is 0 Å². The van der Waals surface area contributed by atoms with Crippen molar-refractivity contribution in [2.75, 3.05) is 13.1 Å². The molecule has 0 aromatic carbocycles. The molecule has 1 saturated carbocycles. The molecular formula is C20H27N3O3. The molecule has 0 N–H and O–H groups in total. The zero-order valence-corrected chi connectivity index (χ0v) is 15.9. The monoisotopic (exact) mass is 357 g/mol. The van der Waals surface area contributed by atoms with Gasteiger partial charge in [0.05, 0.1) is 0 Å². The molecule has 140 valence electrons. The fourth-order valence-electron chi connectivity index (χ4n) is 4.78. The van der Waals surface area contributed by atoms with Crippen molar-refractivity contribution in [3.63, 3.8) is 0 Å². The van der Waals surface area contributed by atoms with Gasteiger partial charge in [0.2, 0.25) is 5.91 Å².